The SMILES string of the molecule is COc1ccccc1[C@@H](C)NC(=O)COc1ccccc1Cc1ccccc1. The maximum atomic E-state index is 12.4. The fourth-order valence-electron chi connectivity index (χ4n) is 3.13. The third-order valence-electron chi connectivity index (χ3n) is 4.55. The van der Waals surface area contributed by atoms with Crippen molar-refractivity contribution >= 4 is 5.91 Å². The highest BCUT2D eigenvalue weighted by atomic mass is 16.5. The lowest BCUT2D eigenvalue weighted by Crippen LogP contribution is -2.31. The molecular weight excluding hydrogens is 350 g/mol. The van der Waals surface area contributed by atoms with Crippen molar-refractivity contribution in [2.45, 2.75) is 19.4 Å². The molecular formula is C24H25NO3. The number of amides is 1. The fraction of sp³-hybridized carbons (Fsp3) is 0.208. The van der Waals surface area contributed by atoms with Crippen molar-refractivity contribution in [3.8, 4) is 11.5 Å². The van der Waals surface area contributed by atoms with E-state index in [-0.39, 0.29) is 18.6 Å². The van der Waals surface area contributed by atoms with E-state index in [9.17, 15) is 4.79 Å². The van der Waals surface area contributed by atoms with Crippen LogP contribution >= 0.6 is 0 Å². The number of carbonyl (C=O) groups excluding carboxylic acids is 1. The molecule has 0 aliphatic heterocycles. The minimum atomic E-state index is -0.174. The zero-order chi connectivity index (χ0) is 19.8. The molecule has 0 bridgehead atoms. The van der Waals surface area contributed by atoms with Crippen molar-refractivity contribution in [1.29, 1.82) is 0 Å². The molecule has 144 valence electrons. The first-order chi connectivity index (χ1) is 13.7. The van der Waals surface area contributed by atoms with Gasteiger partial charge in [0, 0.05) is 12.0 Å². The average molecular weight is 375 g/mol. The Labute approximate surface area is 166 Å². The Balaban J connectivity index is 1.60. The fourth-order valence-corrected chi connectivity index (χ4v) is 3.13. The predicted molar refractivity (Wildman–Crippen MR) is 111 cm³/mol. The molecule has 0 fully saturated rings. The summed E-state index contributed by atoms with van der Waals surface area (Å²) in [5, 5.41) is 2.97. The van der Waals surface area contributed by atoms with E-state index in [1.54, 1.807) is 7.11 Å². The Morgan fingerprint density at radius 3 is 2.29 bits per heavy atom. The van der Waals surface area contributed by atoms with Gasteiger partial charge in [0.1, 0.15) is 11.5 Å². The number of methoxy groups -OCH3 is 1. The quantitative estimate of drug-likeness (QED) is 0.629. The number of ether oxygens (including phenoxy) is 2. The standard InChI is InChI=1S/C24H25NO3/c1-18(21-13-7-9-15-23(21)27-2)25-24(26)17-28-22-14-8-6-12-20(22)16-19-10-4-3-5-11-19/h3-15,18H,16-17H2,1-2H3,(H,25,26)/t18-/m1/s1. The molecule has 3 aromatic rings. The molecule has 0 spiro atoms. The molecule has 0 heterocycles. The van der Waals surface area contributed by atoms with Crippen molar-refractivity contribution < 1.29 is 14.3 Å². The first kappa shape index (κ1) is 19.5. The van der Waals surface area contributed by atoms with E-state index >= 15 is 0 Å². The Bertz CT molecular complexity index is 908. The summed E-state index contributed by atoms with van der Waals surface area (Å²) in [6.07, 6.45) is 0.760. The van der Waals surface area contributed by atoms with Crippen LogP contribution in [0.4, 0.5) is 0 Å². The van der Waals surface area contributed by atoms with E-state index in [4.69, 9.17) is 9.47 Å². The lowest BCUT2D eigenvalue weighted by Gasteiger charge is -2.18. The van der Waals surface area contributed by atoms with Gasteiger partial charge < -0.3 is 14.8 Å². The van der Waals surface area contributed by atoms with Gasteiger partial charge in [0.2, 0.25) is 0 Å². The van der Waals surface area contributed by atoms with E-state index in [1.165, 1.54) is 5.56 Å². The maximum absolute atomic E-state index is 12.4. The second kappa shape index (κ2) is 9.60. The van der Waals surface area contributed by atoms with Crippen LogP contribution < -0.4 is 14.8 Å². The molecule has 0 radical (unpaired) electrons. The third kappa shape index (κ3) is 5.13. The van der Waals surface area contributed by atoms with Crippen molar-refractivity contribution in [3.63, 3.8) is 0 Å². The summed E-state index contributed by atoms with van der Waals surface area (Å²) in [5.41, 5.74) is 3.19. The molecule has 4 heteroatoms. The number of para-hydroxylation sites is 2. The van der Waals surface area contributed by atoms with Crippen LogP contribution in [0.2, 0.25) is 0 Å². The van der Waals surface area contributed by atoms with E-state index in [2.05, 4.69) is 17.4 Å². The summed E-state index contributed by atoms with van der Waals surface area (Å²) >= 11 is 0. The highest BCUT2D eigenvalue weighted by Crippen LogP contribution is 2.24. The largest absolute Gasteiger partial charge is 0.496 e. The third-order valence-corrected chi connectivity index (χ3v) is 4.55. The van der Waals surface area contributed by atoms with Gasteiger partial charge in [0.25, 0.3) is 5.91 Å². The molecule has 1 N–H and O–H groups in total. The average Bonchev–Trinajstić information content (AvgIpc) is 2.73. The molecule has 0 aliphatic carbocycles. The van der Waals surface area contributed by atoms with Crippen LogP contribution in [0.3, 0.4) is 0 Å². The second-order valence-corrected chi connectivity index (χ2v) is 6.59. The first-order valence-electron chi connectivity index (χ1n) is 9.34. The topological polar surface area (TPSA) is 47.6 Å². The number of nitrogens with one attached hydrogen (secondary N) is 1. The van der Waals surface area contributed by atoms with Crippen molar-refractivity contribution in [3.05, 3.63) is 95.6 Å². The van der Waals surface area contributed by atoms with Gasteiger partial charge in [0.05, 0.1) is 13.2 Å². The molecule has 0 saturated carbocycles. The van der Waals surface area contributed by atoms with Gasteiger partial charge in [-0.25, -0.2) is 0 Å². The summed E-state index contributed by atoms with van der Waals surface area (Å²) in [4.78, 5) is 12.4. The van der Waals surface area contributed by atoms with Crippen LogP contribution in [0, 0.1) is 0 Å². The minimum absolute atomic E-state index is 0.0364. The Kier molecular flexibility index (Phi) is 6.68. The maximum Gasteiger partial charge on any atom is 0.258 e. The normalized spacial score (nSPS) is 11.5. The van der Waals surface area contributed by atoms with Crippen LogP contribution in [-0.4, -0.2) is 19.6 Å². The summed E-state index contributed by atoms with van der Waals surface area (Å²) < 4.78 is 11.2. The van der Waals surface area contributed by atoms with Gasteiger partial charge in [-0.15, -0.1) is 0 Å². The van der Waals surface area contributed by atoms with Gasteiger partial charge in [-0.05, 0) is 30.2 Å². The number of rotatable bonds is 8. The highest BCUT2D eigenvalue weighted by Gasteiger charge is 2.14. The van der Waals surface area contributed by atoms with Crippen LogP contribution in [0.25, 0.3) is 0 Å². The summed E-state index contributed by atoms with van der Waals surface area (Å²) in [6, 6.07) is 25.5. The van der Waals surface area contributed by atoms with E-state index in [0.717, 1.165) is 29.0 Å². The molecule has 1 atom stereocenters. The zero-order valence-corrected chi connectivity index (χ0v) is 16.2. The van der Waals surface area contributed by atoms with Gasteiger partial charge in [-0.3, -0.25) is 4.79 Å². The van der Waals surface area contributed by atoms with Crippen LogP contribution in [0.15, 0.2) is 78.9 Å². The molecule has 4 nitrogen and oxygen atoms in total. The molecule has 0 unspecified atom stereocenters. The van der Waals surface area contributed by atoms with Crippen molar-refractivity contribution in [1.82, 2.24) is 5.32 Å². The molecule has 0 saturated heterocycles. The molecule has 0 aromatic heterocycles. The molecule has 1 amide bonds. The van der Waals surface area contributed by atoms with E-state index < -0.39 is 0 Å². The van der Waals surface area contributed by atoms with Gasteiger partial charge in [-0.1, -0.05) is 66.7 Å². The van der Waals surface area contributed by atoms with Gasteiger partial charge in [0.15, 0.2) is 6.61 Å². The zero-order valence-electron chi connectivity index (χ0n) is 16.2. The smallest absolute Gasteiger partial charge is 0.258 e. The second-order valence-electron chi connectivity index (χ2n) is 6.59. The summed E-state index contributed by atoms with van der Waals surface area (Å²) in [7, 11) is 1.63. The lowest BCUT2D eigenvalue weighted by atomic mass is 10.0. The first-order valence-corrected chi connectivity index (χ1v) is 9.34. The number of hydrogen-bond acceptors (Lipinski definition) is 3. The Hall–Kier alpha value is -3.27. The Morgan fingerprint density at radius 2 is 1.54 bits per heavy atom. The van der Waals surface area contributed by atoms with Gasteiger partial charge >= 0.3 is 0 Å². The Morgan fingerprint density at radius 1 is 0.893 bits per heavy atom. The lowest BCUT2D eigenvalue weighted by molar-refractivity contribution is -0.123. The number of carbonyl (C=O) groups is 1. The monoisotopic (exact) mass is 375 g/mol. The molecule has 3 rings (SSSR count). The molecule has 3 aromatic carbocycles. The van der Waals surface area contributed by atoms with Crippen LogP contribution in [0.1, 0.15) is 29.7 Å². The van der Waals surface area contributed by atoms with Gasteiger partial charge in [-0.2, -0.15) is 0 Å². The number of benzene rings is 3. The van der Waals surface area contributed by atoms with Crippen LogP contribution in [0.5, 0.6) is 11.5 Å². The van der Waals surface area contributed by atoms with Crippen molar-refractivity contribution in [2.75, 3.05) is 13.7 Å². The summed E-state index contributed by atoms with van der Waals surface area (Å²) in [5.74, 6) is 1.31. The minimum Gasteiger partial charge on any atom is -0.496 e. The van der Waals surface area contributed by atoms with Crippen LogP contribution in [-0.2, 0) is 11.2 Å². The van der Waals surface area contributed by atoms with E-state index in [1.807, 2.05) is 73.7 Å². The van der Waals surface area contributed by atoms with E-state index in [0.29, 0.717) is 0 Å². The predicted octanol–water partition coefficient (Wildman–Crippen LogP) is 4.54. The number of hydrogen-bond donors (Lipinski definition) is 1. The highest BCUT2D eigenvalue weighted by molar-refractivity contribution is 5.78. The molecule has 0 aliphatic rings. The summed E-state index contributed by atoms with van der Waals surface area (Å²) in [6.45, 7) is 1.89. The van der Waals surface area contributed by atoms with Crippen molar-refractivity contribution in [2.24, 2.45) is 0 Å². The molecule has 28 heavy (non-hydrogen) atoms.